The van der Waals surface area contributed by atoms with Crippen molar-refractivity contribution in [2.75, 3.05) is 12.8 Å². The SMILES string of the molecule is CCCC(C)(C)OP(C)CC. The summed E-state index contributed by atoms with van der Waals surface area (Å²) in [6, 6.07) is 0. The highest BCUT2D eigenvalue weighted by Crippen LogP contribution is 2.38. The molecular formula is C9H21OP. The normalized spacial score (nSPS) is 15.0. The van der Waals surface area contributed by atoms with Crippen molar-refractivity contribution in [1.82, 2.24) is 0 Å². The van der Waals surface area contributed by atoms with Gasteiger partial charge in [0.1, 0.15) is 0 Å². The molecule has 0 bridgehead atoms. The molecule has 0 aliphatic heterocycles. The van der Waals surface area contributed by atoms with Gasteiger partial charge in [0, 0.05) is 8.15 Å². The Labute approximate surface area is 72.4 Å². The van der Waals surface area contributed by atoms with E-state index in [0.29, 0.717) is 0 Å². The molecule has 0 N–H and O–H groups in total. The van der Waals surface area contributed by atoms with E-state index >= 15 is 0 Å². The van der Waals surface area contributed by atoms with E-state index < -0.39 is 0 Å². The molecule has 1 nitrogen and oxygen atoms in total. The average Bonchev–Trinajstić information content (AvgIpc) is 1.86. The number of rotatable bonds is 5. The molecule has 0 amide bonds. The monoisotopic (exact) mass is 176 g/mol. The third-order valence-corrected chi connectivity index (χ3v) is 3.40. The maximum Gasteiger partial charge on any atom is 0.0668 e. The molecule has 0 saturated heterocycles. The molecule has 2 heteroatoms. The fourth-order valence-electron chi connectivity index (χ4n) is 1.13. The van der Waals surface area contributed by atoms with Crippen LogP contribution in [0.2, 0.25) is 0 Å². The minimum Gasteiger partial charge on any atom is -0.354 e. The third-order valence-electron chi connectivity index (χ3n) is 1.70. The summed E-state index contributed by atoms with van der Waals surface area (Å²) in [5.41, 5.74) is 0.102. The van der Waals surface area contributed by atoms with E-state index in [1.54, 1.807) is 0 Å². The second kappa shape index (κ2) is 5.11. The van der Waals surface area contributed by atoms with Crippen molar-refractivity contribution >= 4 is 8.15 Å². The first-order chi connectivity index (χ1) is 5.02. The van der Waals surface area contributed by atoms with Gasteiger partial charge in [-0.05, 0) is 33.1 Å². The lowest BCUT2D eigenvalue weighted by Gasteiger charge is -2.28. The fourth-order valence-corrected chi connectivity index (χ4v) is 2.20. The van der Waals surface area contributed by atoms with Gasteiger partial charge in [-0.2, -0.15) is 0 Å². The Balaban J connectivity index is 3.70. The Bertz CT molecular complexity index is 102. The Kier molecular flexibility index (Phi) is 5.29. The van der Waals surface area contributed by atoms with Crippen LogP contribution in [0.15, 0.2) is 0 Å². The van der Waals surface area contributed by atoms with Crippen molar-refractivity contribution in [3.8, 4) is 0 Å². The molecule has 11 heavy (non-hydrogen) atoms. The summed E-state index contributed by atoms with van der Waals surface area (Å²) in [6.45, 7) is 11.0. The molecule has 0 saturated carbocycles. The molecule has 0 aromatic rings. The molecule has 0 aliphatic rings. The molecule has 0 spiro atoms. The van der Waals surface area contributed by atoms with Gasteiger partial charge in [-0.3, -0.25) is 0 Å². The first-order valence-electron chi connectivity index (χ1n) is 4.42. The van der Waals surface area contributed by atoms with E-state index in [0.717, 1.165) is 0 Å². The van der Waals surface area contributed by atoms with E-state index in [9.17, 15) is 0 Å². The summed E-state index contributed by atoms with van der Waals surface area (Å²) < 4.78 is 5.89. The molecule has 68 valence electrons. The zero-order chi connectivity index (χ0) is 8.91. The van der Waals surface area contributed by atoms with E-state index in [1.165, 1.54) is 19.0 Å². The van der Waals surface area contributed by atoms with Gasteiger partial charge in [0.2, 0.25) is 0 Å². The molecule has 0 rings (SSSR count). The van der Waals surface area contributed by atoms with Gasteiger partial charge in [-0.1, -0.05) is 20.3 Å². The molecule has 1 atom stereocenters. The van der Waals surface area contributed by atoms with Crippen molar-refractivity contribution in [2.24, 2.45) is 0 Å². The molecule has 1 unspecified atom stereocenters. The number of hydrogen-bond acceptors (Lipinski definition) is 1. The lowest BCUT2D eigenvalue weighted by molar-refractivity contribution is 0.117. The summed E-state index contributed by atoms with van der Waals surface area (Å²) in [4.78, 5) is 0. The topological polar surface area (TPSA) is 9.23 Å². The first-order valence-corrected chi connectivity index (χ1v) is 6.31. The van der Waals surface area contributed by atoms with Crippen LogP contribution in [0.25, 0.3) is 0 Å². The summed E-state index contributed by atoms with van der Waals surface area (Å²) in [5.74, 6) is 0. The standard InChI is InChI=1S/C9H21OP/c1-6-8-9(3,4)10-11(5)7-2/h6-8H2,1-5H3. The van der Waals surface area contributed by atoms with Crippen LogP contribution in [-0.4, -0.2) is 18.4 Å². The van der Waals surface area contributed by atoms with Crippen molar-refractivity contribution in [1.29, 1.82) is 0 Å². The highest BCUT2D eigenvalue weighted by Gasteiger charge is 2.19. The quantitative estimate of drug-likeness (QED) is 0.581. The highest BCUT2D eigenvalue weighted by atomic mass is 31.1. The largest absolute Gasteiger partial charge is 0.354 e. The lowest BCUT2D eigenvalue weighted by atomic mass is 10.0. The van der Waals surface area contributed by atoms with E-state index in [4.69, 9.17) is 4.52 Å². The molecule has 0 fully saturated rings. The second-order valence-corrected chi connectivity index (χ2v) is 5.62. The van der Waals surface area contributed by atoms with Crippen LogP contribution < -0.4 is 0 Å². The maximum absolute atomic E-state index is 5.89. The summed E-state index contributed by atoms with van der Waals surface area (Å²) in [6.07, 6.45) is 3.54. The maximum atomic E-state index is 5.89. The van der Waals surface area contributed by atoms with Crippen LogP contribution in [0.5, 0.6) is 0 Å². The Morgan fingerprint density at radius 2 is 1.82 bits per heavy atom. The molecule has 0 heterocycles. The third kappa shape index (κ3) is 5.64. The van der Waals surface area contributed by atoms with E-state index in [1.807, 2.05) is 0 Å². The van der Waals surface area contributed by atoms with Crippen molar-refractivity contribution in [3.63, 3.8) is 0 Å². The average molecular weight is 176 g/mol. The Hall–Kier alpha value is 0.390. The van der Waals surface area contributed by atoms with Crippen molar-refractivity contribution < 1.29 is 4.52 Å². The zero-order valence-electron chi connectivity index (χ0n) is 8.48. The van der Waals surface area contributed by atoms with Crippen LogP contribution >= 0.6 is 8.15 Å². The lowest BCUT2D eigenvalue weighted by Crippen LogP contribution is -2.21. The molecular weight excluding hydrogens is 155 g/mol. The minimum atomic E-state index is -0.178. The Morgan fingerprint density at radius 3 is 2.18 bits per heavy atom. The Morgan fingerprint density at radius 1 is 1.27 bits per heavy atom. The second-order valence-electron chi connectivity index (χ2n) is 3.55. The van der Waals surface area contributed by atoms with Crippen LogP contribution in [0.4, 0.5) is 0 Å². The van der Waals surface area contributed by atoms with Gasteiger partial charge in [-0.15, -0.1) is 0 Å². The van der Waals surface area contributed by atoms with E-state index in [-0.39, 0.29) is 13.7 Å². The fraction of sp³-hybridized carbons (Fsp3) is 1.00. The molecule has 0 radical (unpaired) electrons. The van der Waals surface area contributed by atoms with Crippen LogP contribution in [0.3, 0.4) is 0 Å². The smallest absolute Gasteiger partial charge is 0.0668 e. The van der Waals surface area contributed by atoms with Crippen molar-refractivity contribution in [2.45, 2.75) is 46.1 Å². The van der Waals surface area contributed by atoms with Gasteiger partial charge in [0.25, 0.3) is 0 Å². The van der Waals surface area contributed by atoms with Crippen LogP contribution in [0.1, 0.15) is 40.5 Å². The van der Waals surface area contributed by atoms with Crippen LogP contribution in [0, 0.1) is 0 Å². The van der Waals surface area contributed by atoms with E-state index in [2.05, 4.69) is 34.4 Å². The van der Waals surface area contributed by atoms with Crippen molar-refractivity contribution in [3.05, 3.63) is 0 Å². The first kappa shape index (κ1) is 11.4. The van der Waals surface area contributed by atoms with Gasteiger partial charge in [-0.25, -0.2) is 0 Å². The molecule has 0 aromatic carbocycles. The van der Waals surface area contributed by atoms with Gasteiger partial charge in [0.05, 0.1) is 5.60 Å². The molecule has 0 aromatic heterocycles. The van der Waals surface area contributed by atoms with Gasteiger partial charge >= 0.3 is 0 Å². The number of hydrogen-bond donors (Lipinski definition) is 0. The zero-order valence-corrected chi connectivity index (χ0v) is 9.37. The minimum absolute atomic E-state index is 0.102. The predicted octanol–water partition coefficient (Wildman–Crippen LogP) is 3.63. The molecule has 0 aliphatic carbocycles. The summed E-state index contributed by atoms with van der Waals surface area (Å²) in [5, 5.41) is 0. The van der Waals surface area contributed by atoms with Gasteiger partial charge in [0.15, 0.2) is 0 Å². The predicted molar refractivity (Wildman–Crippen MR) is 53.5 cm³/mol. The van der Waals surface area contributed by atoms with Crippen LogP contribution in [-0.2, 0) is 4.52 Å². The highest BCUT2D eigenvalue weighted by molar-refractivity contribution is 7.51. The summed E-state index contributed by atoms with van der Waals surface area (Å²) in [7, 11) is -0.178. The summed E-state index contributed by atoms with van der Waals surface area (Å²) >= 11 is 0. The van der Waals surface area contributed by atoms with Gasteiger partial charge < -0.3 is 4.52 Å².